The predicted molar refractivity (Wildman–Crippen MR) is 82.4 cm³/mol. The summed E-state index contributed by atoms with van der Waals surface area (Å²) in [5, 5.41) is 0. The van der Waals surface area contributed by atoms with Gasteiger partial charge < -0.3 is 14.6 Å². The van der Waals surface area contributed by atoms with Crippen LogP contribution in [0.3, 0.4) is 0 Å². The van der Waals surface area contributed by atoms with Gasteiger partial charge in [-0.2, -0.15) is 0 Å². The monoisotopic (exact) mass is 267 g/mol. The molecule has 0 unspecified atom stereocenters. The van der Waals surface area contributed by atoms with Gasteiger partial charge in [0, 0.05) is 31.4 Å². The normalized spacial score (nSPS) is 10.8. The second-order valence-corrected chi connectivity index (χ2v) is 4.91. The van der Waals surface area contributed by atoms with E-state index in [0.29, 0.717) is 0 Å². The number of methoxy groups -OCH3 is 1. The topological polar surface area (TPSA) is 41.1 Å². The molecule has 20 heavy (non-hydrogen) atoms. The van der Waals surface area contributed by atoms with Gasteiger partial charge in [0.25, 0.3) is 0 Å². The van der Waals surface area contributed by atoms with E-state index in [2.05, 4.69) is 39.1 Å². The highest BCUT2D eigenvalue weighted by Crippen LogP contribution is 2.25. The summed E-state index contributed by atoms with van der Waals surface area (Å²) in [6, 6.07) is 14.2. The third-order valence-electron chi connectivity index (χ3n) is 3.35. The smallest absolute Gasteiger partial charge is 0.138 e. The number of hydrogen-bond acceptors (Lipinski definition) is 3. The highest BCUT2D eigenvalue weighted by atomic mass is 16.5. The summed E-state index contributed by atoms with van der Waals surface area (Å²) in [7, 11) is 5.73. The highest BCUT2D eigenvalue weighted by molar-refractivity contribution is 5.80. The zero-order valence-electron chi connectivity index (χ0n) is 11.8. The molecule has 1 aromatic heterocycles. The van der Waals surface area contributed by atoms with Crippen molar-refractivity contribution in [1.29, 1.82) is 0 Å². The van der Waals surface area contributed by atoms with Crippen molar-refractivity contribution in [2.75, 3.05) is 26.1 Å². The summed E-state index contributed by atoms with van der Waals surface area (Å²) in [4.78, 5) is 10.0. The molecule has 0 spiro atoms. The van der Waals surface area contributed by atoms with Gasteiger partial charge in [0.15, 0.2) is 0 Å². The molecule has 3 rings (SSSR count). The molecule has 0 fully saturated rings. The largest absolute Gasteiger partial charge is 0.497 e. The molecule has 0 saturated carbocycles. The van der Waals surface area contributed by atoms with Gasteiger partial charge in [-0.05, 0) is 36.4 Å². The molecule has 0 amide bonds. The molecule has 102 valence electrons. The van der Waals surface area contributed by atoms with Crippen molar-refractivity contribution in [1.82, 2.24) is 9.97 Å². The van der Waals surface area contributed by atoms with Gasteiger partial charge in [0.1, 0.15) is 11.6 Å². The Morgan fingerprint density at radius 3 is 2.45 bits per heavy atom. The van der Waals surface area contributed by atoms with E-state index in [-0.39, 0.29) is 0 Å². The minimum Gasteiger partial charge on any atom is -0.497 e. The molecule has 2 aromatic carbocycles. The van der Waals surface area contributed by atoms with Crippen LogP contribution in [0, 0.1) is 0 Å². The number of H-pyrrole nitrogens is 1. The molecule has 0 aliphatic heterocycles. The molecule has 0 aliphatic carbocycles. The average molecular weight is 267 g/mol. The SMILES string of the molecule is COc1ccc2nc(-c3ccc(N(C)C)cc3)[nH]c2c1. The van der Waals surface area contributed by atoms with Crippen molar-refractivity contribution < 1.29 is 4.74 Å². The van der Waals surface area contributed by atoms with Crippen LogP contribution in [0.1, 0.15) is 0 Å². The van der Waals surface area contributed by atoms with E-state index < -0.39 is 0 Å². The van der Waals surface area contributed by atoms with Crippen LogP contribution >= 0.6 is 0 Å². The molecule has 0 bridgehead atoms. The Balaban J connectivity index is 2.01. The van der Waals surface area contributed by atoms with E-state index >= 15 is 0 Å². The molecule has 0 aliphatic rings. The fourth-order valence-electron chi connectivity index (χ4n) is 2.17. The quantitative estimate of drug-likeness (QED) is 0.791. The van der Waals surface area contributed by atoms with Crippen LogP contribution < -0.4 is 9.64 Å². The van der Waals surface area contributed by atoms with Crippen LogP contribution in [0.5, 0.6) is 5.75 Å². The fourth-order valence-corrected chi connectivity index (χ4v) is 2.17. The minimum absolute atomic E-state index is 0.829. The molecular weight excluding hydrogens is 250 g/mol. The van der Waals surface area contributed by atoms with Crippen LogP contribution in [0.4, 0.5) is 5.69 Å². The van der Waals surface area contributed by atoms with Gasteiger partial charge in [-0.3, -0.25) is 0 Å². The molecular formula is C16H17N3O. The number of rotatable bonds is 3. The van der Waals surface area contributed by atoms with Crippen molar-refractivity contribution in [3.8, 4) is 17.1 Å². The van der Waals surface area contributed by atoms with E-state index in [1.807, 2.05) is 32.3 Å². The first kappa shape index (κ1) is 12.5. The number of ether oxygens (including phenoxy) is 1. The summed E-state index contributed by atoms with van der Waals surface area (Å²) in [6.45, 7) is 0. The molecule has 0 saturated heterocycles. The van der Waals surface area contributed by atoms with Gasteiger partial charge >= 0.3 is 0 Å². The summed E-state index contributed by atoms with van der Waals surface area (Å²) < 4.78 is 5.23. The highest BCUT2D eigenvalue weighted by Gasteiger charge is 2.06. The minimum atomic E-state index is 0.829. The second kappa shape index (κ2) is 4.89. The van der Waals surface area contributed by atoms with Gasteiger partial charge in [0.05, 0.1) is 18.1 Å². The molecule has 1 N–H and O–H groups in total. The maximum absolute atomic E-state index is 5.23. The summed E-state index contributed by atoms with van der Waals surface area (Å²) >= 11 is 0. The van der Waals surface area contributed by atoms with Crippen molar-refractivity contribution in [2.24, 2.45) is 0 Å². The lowest BCUT2D eigenvalue weighted by atomic mass is 10.2. The lowest BCUT2D eigenvalue weighted by Gasteiger charge is -2.11. The molecule has 1 heterocycles. The van der Waals surface area contributed by atoms with Gasteiger partial charge in [-0.25, -0.2) is 4.98 Å². The first-order valence-electron chi connectivity index (χ1n) is 6.49. The Morgan fingerprint density at radius 1 is 1.05 bits per heavy atom. The van der Waals surface area contributed by atoms with Crippen LogP contribution in [0.2, 0.25) is 0 Å². The molecule has 4 heteroatoms. The Hall–Kier alpha value is -2.49. The zero-order chi connectivity index (χ0) is 14.1. The van der Waals surface area contributed by atoms with Crippen molar-refractivity contribution in [3.63, 3.8) is 0 Å². The number of nitrogens with one attached hydrogen (secondary N) is 1. The van der Waals surface area contributed by atoms with E-state index in [0.717, 1.165) is 28.2 Å². The van der Waals surface area contributed by atoms with E-state index in [1.165, 1.54) is 5.69 Å². The van der Waals surface area contributed by atoms with E-state index in [1.54, 1.807) is 7.11 Å². The van der Waals surface area contributed by atoms with Crippen LogP contribution in [0.25, 0.3) is 22.4 Å². The lowest BCUT2D eigenvalue weighted by Crippen LogP contribution is -2.07. The number of imidazole rings is 1. The van der Waals surface area contributed by atoms with Crippen molar-refractivity contribution >= 4 is 16.7 Å². The fraction of sp³-hybridized carbons (Fsp3) is 0.188. The number of benzene rings is 2. The van der Waals surface area contributed by atoms with E-state index in [4.69, 9.17) is 4.74 Å². The molecule has 4 nitrogen and oxygen atoms in total. The van der Waals surface area contributed by atoms with E-state index in [9.17, 15) is 0 Å². The number of anilines is 1. The average Bonchev–Trinajstić information content (AvgIpc) is 2.90. The molecule has 0 atom stereocenters. The second-order valence-electron chi connectivity index (χ2n) is 4.91. The van der Waals surface area contributed by atoms with Crippen molar-refractivity contribution in [2.45, 2.75) is 0 Å². The Bertz CT molecular complexity index is 729. The van der Waals surface area contributed by atoms with Gasteiger partial charge in [0.2, 0.25) is 0 Å². The number of fused-ring (bicyclic) bond motifs is 1. The first-order valence-corrected chi connectivity index (χ1v) is 6.49. The molecule has 3 aromatic rings. The third-order valence-corrected chi connectivity index (χ3v) is 3.35. The van der Waals surface area contributed by atoms with Crippen LogP contribution in [-0.2, 0) is 0 Å². The summed E-state index contributed by atoms with van der Waals surface area (Å²) in [6.07, 6.45) is 0. The maximum Gasteiger partial charge on any atom is 0.138 e. The number of hydrogen-bond donors (Lipinski definition) is 1. The summed E-state index contributed by atoms with van der Waals surface area (Å²) in [5.41, 5.74) is 4.17. The summed E-state index contributed by atoms with van der Waals surface area (Å²) in [5.74, 6) is 1.70. The zero-order valence-corrected chi connectivity index (χ0v) is 11.8. The Kier molecular flexibility index (Phi) is 3.06. The van der Waals surface area contributed by atoms with Crippen molar-refractivity contribution in [3.05, 3.63) is 42.5 Å². The molecule has 0 radical (unpaired) electrons. The number of aromatic amines is 1. The Morgan fingerprint density at radius 2 is 1.80 bits per heavy atom. The first-order chi connectivity index (χ1) is 9.67. The van der Waals surface area contributed by atoms with Crippen LogP contribution in [-0.4, -0.2) is 31.2 Å². The number of aromatic nitrogens is 2. The van der Waals surface area contributed by atoms with Gasteiger partial charge in [-0.15, -0.1) is 0 Å². The lowest BCUT2D eigenvalue weighted by molar-refractivity contribution is 0.415. The van der Waals surface area contributed by atoms with Gasteiger partial charge in [-0.1, -0.05) is 0 Å². The third kappa shape index (κ3) is 2.20. The standard InChI is InChI=1S/C16H17N3O/c1-19(2)12-6-4-11(5-7-12)16-17-14-9-8-13(20-3)10-15(14)18-16/h4-10H,1-3H3,(H,17,18). The number of nitrogens with zero attached hydrogens (tertiary/aromatic N) is 2. The predicted octanol–water partition coefficient (Wildman–Crippen LogP) is 3.30. The maximum atomic E-state index is 5.23. The Labute approximate surface area is 118 Å². The van der Waals surface area contributed by atoms with Crippen LogP contribution in [0.15, 0.2) is 42.5 Å².